The second-order valence-electron chi connectivity index (χ2n) is 4.69. The van der Waals surface area contributed by atoms with E-state index in [2.05, 4.69) is 15.9 Å². The van der Waals surface area contributed by atoms with E-state index in [1.807, 2.05) is 0 Å². The van der Waals surface area contributed by atoms with E-state index in [1.54, 1.807) is 12.1 Å². The Kier molecular flexibility index (Phi) is 5.92. The van der Waals surface area contributed by atoms with Crippen molar-refractivity contribution in [2.24, 2.45) is 0 Å². The summed E-state index contributed by atoms with van der Waals surface area (Å²) in [5.41, 5.74) is 0.258. The van der Waals surface area contributed by atoms with Crippen LogP contribution in [0, 0.1) is 5.82 Å². The van der Waals surface area contributed by atoms with Crippen LogP contribution in [0.15, 0.2) is 40.9 Å². The third-order valence-corrected chi connectivity index (χ3v) is 3.88. The fraction of sp³-hybridized carbons (Fsp3) is 0.176. The van der Waals surface area contributed by atoms with Gasteiger partial charge in [-0.3, -0.25) is 4.79 Å². The summed E-state index contributed by atoms with van der Waals surface area (Å²) in [6, 6.07) is 8.30. The maximum absolute atomic E-state index is 13.2. The Hall–Kier alpha value is -2.41. The normalized spacial score (nSPS) is 10.2. The van der Waals surface area contributed by atoms with Crippen molar-refractivity contribution in [3.05, 3.63) is 57.8 Å². The van der Waals surface area contributed by atoms with E-state index in [1.165, 1.54) is 32.4 Å². The fourth-order valence-electron chi connectivity index (χ4n) is 1.97. The van der Waals surface area contributed by atoms with Gasteiger partial charge in [-0.25, -0.2) is 9.18 Å². The Bertz CT molecular complexity index is 776. The van der Waals surface area contributed by atoms with Crippen LogP contribution in [0.1, 0.15) is 20.7 Å². The number of methoxy groups -OCH3 is 2. The molecule has 0 bridgehead atoms. The van der Waals surface area contributed by atoms with Gasteiger partial charge in [0.15, 0.2) is 6.61 Å². The first-order chi connectivity index (χ1) is 11.5. The van der Waals surface area contributed by atoms with E-state index in [0.29, 0.717) is 16.0 Å². The van der Waals surface area contributed by atoms with Gasteiger partial charge in [-0.2, -0.15) is 0 Å². The lowest BCUT2D eigenvalue weighted by Crippen LogP contribution is -2.15. The van der Waals surface area contributed by atoms with E-state index in [0.717, 1.165) is 6.07 Å². The van der Waals surface area contributed by atoms with Crippen molar-refractivity contribution in [1.82, 2.24) is 0 Å². The molecule has 0 saturated heterocycles. The van der Waals surface area contributed by atoms with Crippen LogP contribution in [0.3, 0.4) is 0 Å². The average Bonchev–Trinajstić information content (AvgIpc) is 2.60. The van der Waals surface area contributed by atoms with E-state index in [-0.39, 0.29) is 11.1 Å². The second-order valence-corrected chi connectivity index (χ2v) is 5.54. The maximum Gasteiger partial charge on any atom is 0.339 e. The molecule has 0 N–H and O–H groups in total. The second kappa shape index (κ2) is 7.92. The van der Waals surface area contributed by atoms with E-state index < -0.39 is 24.2 Å². The summed E-state index contributed by atoms with van der Waals surface area (Å²) >= 11 is 3.14. The van der Waals surface area contributed by atoms with Gasteiger partial charge in [0.1, 0.15) is 17.3 Å². The summed E-state index contributed by atoms with van der Waals surface area (Å²) in [5, 5.41) is 0. The quantitative estimate of drug-likeness (QED) is 0.550. The molecule has 0 aliphatic rings. The number of halogens is 2. The molecule has 24 heavy (non-hydrogen) atoms. The third kappa shape index (κ3) is 4.11. The van der Waals surface area contributed by atoms with Crippen molar-refractivity contribution in [3.8, 4) is 11.5 Å². The minimum absolute atomic E-state index is 0.00416. The van der Waals surface area contributed by atoms with Gasteiger partial charge in [0.25, 0.3) is 0 Å². The summed E-state index contributed by atoms with van der Waals surface area (Å²) in [4.78, 5) is 24.2. The molecule has 0 fully saturated rings. The molecule has 126 valence electrons. The average molecular weight is 397 g/mol. The van der Waals surface area contributed by atoms with E-state index >= 15 is 0 Å². The molecule has 0 saturated carbocycles. The van der Waals surface area contributed by atoms with Gasteiger partial charge in [-0.05, 0) is 46.3 Å². The number of hydrogen-bond donors (Lipinski definition) is 0. The Labute approximate surface area is 146 Å². The van der Waals surface area contributed by atoms with E-state index in [9.17, 15) is 14.0 Å². The zero-order valence-corrected chi connectivity index (χ0v) is 14.6. The summed E-state index contributed by atoms with van der Waals surface area (Å²) in [5.74, 6) is -0.989. The SMILES string of the molecule is COc1ccc(C(=O)COC(=O)c2cc(F)ccc2Br)c(OC)c1. The zero-order chi connectivity index (χ0) is 17.7. The van der Waals surface area contributed by atoms with Crippen molar-refractivity contribution in [2.75, 3.05) is 20.8 Å². The van der Waals surface area contributed by atoms with Gasteiger partial charge in [-0.15, -0.1) is 0 Å². The molecule has 0 heterocycles. The predicted molar refractivity (Wildman–Crippen MR) is 88.3 cm³/mol. The molecule has 0 aliphatic carbocycles. The molecule has 0 radical (unpaired) electrons. The number of benzene rings is 2. The van der Waals surface area contributed by atoms with Crippen LogP contribution in [0.4, 0.5) is 4.39 Å². The van der Waals surface area contributed by atoms with Crippen molar-refractivity contribution in [3.63, 3.8) is 0 Å². The first-order valence-corrected chi connectivity index (χ1v) is 7.63. The molecule has 2 aromatic rings. The van der Waals surface area contributed by atoms with Gasteiger partial charge < -0.3 is 14.2 Å². The van der Waals surface area contributed by atoms with Crippen molar-refractivity contribution in [2.45, 2.75) is 0 Å². The standard InChI is InChI=1S/C17H14BrFO5/c1-22-11-4-5-12(16(8-11)23-2)15(20)9-24-17(21)13-7-10(19)3-6-14(13)18/h3-8H,9H2,1-2H3. The highest BCUT2D eigenvalue weighted by Crippen LogP contribution is 2.25. The lowest BCUT2D eigenvalue weighted by molar-refractivity contribution is 0.0472. The van der Waals surface area contributed by atoms with Gasteiger partial charge in [0.2, 0.25) is 5.78 Å². The minimum atomic E-state index is -0.804. The number of rotatable bonds is 6. The van der Waals surface area contributed by atoms with Crippen LogP contribution in [0.5, 0.6) is 11.5 Å². The fourth-order valence-corrected chi connectivity index (χ4v) is 2.38. The van der Waals surface area contributed by atoms with Crippen LogP contribution < -0.4 is 9.47 Å². The van der Waals surface area contributed by atoms with Crippen LogP contribution in [0.25, 0.3) is 0 Å². The smallest absolute Gasteiger partial charge is 0.339 e. The highest BCUT2D eigenvalue weighted by atomic mass is 79.9. The molecule has 0 aliphatic heterocycles. The molecule has 0 unspecified atom stereocenters. The van der Waals surface area contributed by atoms with Crippen LogP contribution >= 0.6 is 15.9 Å². The van der Waals surface area contributed by atoms with Crippen molar-refractivity contribution in [1.29, 1.82) is 0 Å². The highest BCUT2D eigenvalue weighted by molar-refractivity contribution is 9.10. The Morgan fingerprint density at radius 1 is 1.04 bits per heavy atom. The molecule has 2 aromatic carbocycles. The van der Waals surface area contributed by atoms with Gasteiger partial charge >= 0.3 is 5.97 Å². The number of hydrogen-bond acceptors (Lipinski definition) is 5. The first kappa shape index (κ1) is 17.9. The van der Waals surface area contributed by atoms with E-state index in [4.69, 9.17) is 14.2 Å². The predicted octanol–water partition coefficient (Wildman–Crippen LogP) is 3.65. The number of esters is 1. The number of carbonyl (C=O) groups excluding carboxylic acids is 2. The zero-order valence-electron chi connectivity index (χ0n) is 13.0. The minimum Gasteiger partial charge on any atom is -0.497 e. The third-order valence-electron chi connectivity index (χ3n) is 3.19. The molecule has 0 amide bonds. The summed E-state index contributed by atoms with van der Waals surface area (Å²) < 4.78 is 28.8. The molecule has 5 nitrogen and oxygen atoms in total. The van der Waals surface area contributed by atoms with Gasteiger partial charge in [0.05, 0.1) is 25.3 Å². The lowest BCUT2D eigenvalue weighted by atomic mass is 10.1. The largest absolute Gasteiger partial charge is 0.497 e. The number of ketones is 1. The molecule has 7 heteroatoms. The maximum atomic E-state index is 13.2. The number of Topliss-reactive ketones (excluding diaryl/α,β-unsaturated/α-hetero) is 1. The highest BCUT2D eigenvalue weighted by Gasteiger charge is 2.18. The molecule has 0 aromatic heterocycles. The summed E-state index contributed by atoms with van der Waals surface area (Å²) in [6.07, 6.45) is 0. The summed E-state index contributed by atoms with van der Waals surface area (Å²) in [7, 11) is 2.91. The van der Waals surface area contributed by atoms with Crippen molar-refractivity contribution >= 4 is 27.7 Å². The number of ether oxygens (including phenoxy) is 3. The van der Waals surface area contributed by atoms with Crippen LogP contribution in [-0.4, -0.2) is 32.6 Å². The lowest BCUT2D eigenvalue weighted by Gasteiger charge is -2.10. The molecule has 2 rings (SSSR count). The molecular weight excluding hydrogens is 383 g/mol. The topological polar surface area (TPSA) is 61.8 Å². The number of carbonyl (C=O) groups is 2. The first-order valence-electron chi connectivity index (χ1n) is 6.83. The molecule has 0 spiro atoms. The van der Waals surface area contributed by atoms with Crippen LogP contribution in [-0.2, 0) is 4.74 Å². The van der Waals surface area contributed by atoms with Crippen molar-refractivity contribution < 1.29 is 28.2 Å². The van der Waals surface area contributed by atoms with Gasteiger partial charge in [0, 0.05) is 10.5 Å². The molecule has 0 atom stereocenters. The summed E-state index contributed by atoms with van der Waals surface area (Å²) in [6.45, 7) is -0.496. The Morgan fingerprint density at radius 2 is 1.79 bits per heavy atom. The van der Waals surface area contributed by atoms with Gasteiger partial charge in [-0.1, -0.05) is 0 Å². The van der Waals surface area contributed by atoms with Crippen LogP contribution in [0.2, 0.25) is 0 Å². The Balaban J connectivity index is 2.10. The Morgan fingerprint density at radius 3 is 2.46 bits per heavy atom. The molecular formula is C17H14BrFO5. The monoisotopic (exact) mass is 396 g/mol.